The Kier molecular flexibility index (Phi) is 4.31. The number of benzene rings is 2. The zero-order valence-electron chi connectivity index (χ0n) is 10.8. The van der Waals surface area contributed by atoms with E-state index in [1.807, 2.05) is 19.1 Å². The van der Waals surface area contributed by atoms with Gasteiger partial charge in [0.2, 0.25) is 8.03 Å². The molecule has 4 heteroatoms. The summed E-state index contributed by atoms with van der Waals surface area (Å²) in [5, 5.41) is 0.473. The van der Waals surface area contributed by atoms with E-state index in [1.54, 1.807) is 36.4 Å². The average Bonchev–Trinajstić information content (AvgIpc) is 2.46. The molecular weight excluding hydrogens is 259 g/mol. The van der Waals surface area contributed by atoms with Gasteiger partial charge in [-0.3, -0.25) is 9.36 Å². The van der Waals surface area contributed by atoms with Gasteiger partial charge in [0.25, 0.3) is 0 Å². The van der Waals surface area contributed by atoms with E-state index in [1.165, 1.54) is 7.11 Å². The Morgan fingerprint density at radius 1 is 1.05 bits per heavy atom. The maximum Gasteiger partial charge on any atom is 0.221 e. The number of ketones is 1. The van der Waals surface area contributed by atoms with E-state index in [-0.39, 0.29) is 5.78 Å². The average molecular weight is 274 g/mol. The monoisotopic (exact) mass is 274 g/mol. The van der Waals surface area contributed by atoms with Gasteiger partial charge in [0.05, 0.1) is 0 Å². The maximum atomic E-state index is 12.4. The van der Waals surface area contributed by atoms with Gasteiger partial charge in [0, 0.05) is 23.5 Å². The lowest BCUT2D eigenvalue weighted by molar-refractivity contribution is 0.103. The number of carbonyl (C=O) groups is 1. The molecule has 1 atom stereocenters. The first-order chi connectivity index (χ1) is 9.13. The SMILES string of the molecule is CO[PH](=O)c1ccccc1C(=O)c1ccc(C)cc1. The number of rotatable bonds is 4. The third-order valence-corrected chi connectivity index (χ3v) is 4.14. The van der Waals surface area contributed by atoms with Crippen molar-refractivity contribution < 1.29 is 13.9 Å². The van der Waals surface area contributed by atoms with Crippen LogP contribution in [0.3, 0.4) is 0 Å². The quantitative estimate of drug-likeness (QED) is 0.636. The van der Waals surface area contributed by atoms with Crippen LogP contribution in [0.25, 0.3) is 0 Å². The molecule has 3 nitrogen and oxygen atoms in total. The van der Waals surface area contributed by atoms with E-state index in [4.69, 9.17) is 4.52 Å². The molecule has 0 N–H and O–H groups in total. The second-order valence-electron chi connectivity index (χ2n) is 4.23. The van der Waals surface area contributed by atoms with E-state index >= 15 is 0 Å². The molecule has 0 radical (unpaired) electrons. The summed E-state index contributed by atoms with van der Waals surface area (Å²) in [7, 11) is -0.983. The topological polar surface area (TPSA) is 43.4 Å². The van der Waals surface area contributed by atoms with Crippen molar-refractivity contribution in [3.63, 3.8) is 0 Å². The van der Waals surface area contributed by atoms with Gasteiger partial charge in [-0.25, -0.2) is 0 Å². The van der Waals surface area contributed by atoms with Gasteiger partial charge in [-0.15, -0.1) is 0 Å². The molecule has 0 aliphatic carbocycles. The van der Waals surface area contributed by atoms with Gasteiger partial charge in [-0.05, 0) is 13.0 Å². The molecule has 19 heavy (non-hydrogen) atoms. The number of aryl methyl sites for hydroxylation is 1. The lowest BCUT2D eigenvalue weighted by Gasteiger charge is -2.07. The van der Waals surface area contributed by atoms with Gasteiger partial charge < -0.3 is 4.52 Å². The molecule has 2 rings (SSSR count). The second kappa shape index (κ2) is 5.96. The summed E-state index contributed by atoms with van der Waals surface area (Å²) in [6.45, 7) is 1.96. The summed E-state index contributed by atoms with van der Waals surface area (Å²) in [6.07, 6.45) is 0. The number of hydrogen-bond donors (Lipinski definition) is 0. The summed E-state index contributed by atoms with van der Waals surface area (Å²) >= 11 is 0. The first-order valence-corrected chi connectivity index (χ1v) is 7.24. The highest BCUT2D eigenvalue weighted by atomic mass is 31.1. The Hall–Kier alpha value is -1.70. The zero-order chi connectivity index (χ0) is 13.8. The Balaban J connectivity index is 2.44. The van der Waals surface area contributed by atoms with Crippen LogP contribution in [0.2, 0.25) is 0 Å². The van der Waals surface area contributed by atoms with Crippen molar-refractivity contribution in [2.45, 2.75) is 6.92 Å². The van der Waals surface area contributed by atoms with Crippen LogP contribution < -0.4 is 5.30 Å². The van der Waals surface area contributed by atoms with Crippen LogP contribution in [0, 0.1) is 6.92 Å². The number of hydrogen-bond acceptors (Lipinski definition) is 3. The second-order valence-corrected chi connectivity index (χ2v) is 5.75. The molecule has 0 bridgehead atoms. The largest absolute Gasteiger partial charge is 0.331 e. The van der Waals surface area contributed by atoms with Crippen molar-refractivity contribution in [3.05, 3.63) is 65.2 Å². The molecule has 0 heterocycles. The van der Waals surface area contributed by atoms with Gasteiger partial charge in [-0.2, -0.15) is 0 Å². The molecule has 0 amide bonds. The van der Waals surface area contributed by atoms with Crippen LogP contribution in [0.4, 0.5) is 0 Å². The van der Waals surface area contributed by atoms with Crippen molar-refractivity contribution in [2.75, 3.05) is 7.11 Å². The normalized spacial score (nSPS) is 12.1. The molecule has 1 unspecified atom stereocenters. The van der Waals surface area contributed by atoms with Crippen LogP contribution in [0.5, 0.6) is 0 Å². The van der Waals surface area contributed by atoms with Crippen molar-refractivity contribution >= 4 is 19.1 Å². The highest BCUT2D eigenvalue weighted by molar-refractivity contribution is 7.48. The molecular formula is C15H15O3P. The van der Waals surface area contributed by atoms with Crippen LogP contribution >= 0.6 is 8.03 Å². The molecule has 98 valence electrons. The smallest absolute Gasteiger partial charge is 0.221 e. The van der Waals surface area contributed by atoms with Crippen LogP contribution in [-0.2, 0) is 9.09 Å². The first kappa shape index (κ1) is 13.7. The van der Waals surface area contributed by atoms with Crippen molar-refractivity contribution in [2.24, 2.45) is 0 Å². The Morgan fingerprint density at radius 2 is 1.68 bits per heavy atom. The van der Waals surface area contributed by atoms with E-state index in [0.717, 1.165) is 5.56 Å². The summed E-state index contributed by atoms with van der Waals surface area (Å²) in [6, 6.07) is 14.2. The van der Waals surface area contributed by atoms with Crippen LogP contribution in [0.1, 0.15) is 21.5 Å². The number of carbonyl (C=O) groups excluding carboxylic acids is 1. The first-order valence-electron chi connectivity index (χ1n) is 5.92. The minimum Gasteiger partial charge on any atom is -0.331 e. The van der Waals surface area contributed by atoms with Crippen LogP contribution in [0.15, 0.2) is 48.5 Å². The lowest BCUT2D eigenvalue weighted by Crippen LogP contribution is -2.13. The van der Waals surface area contributed by atoms with Crippen molar-refractivity contribution in [1.29, 1.82) is 0 Å². The Bertz CT molecular complexity index is 618. The van der Waals surface area contributed by atoms with Gasteiger partial charge in [0.15, 0.2) is 5.78 Å². The minimum atomic E-state index is -2.37. The third kappa shape index (κ3) is 3.01. The molecule has 0 saturated heterocycles. The van der Waals surface area contributed by atoms with Gasteiger partial charge >= 0.3 is 0 Å². The molecule has 2 aromatic rings. The molecule has 0 aliphatic heterocycles. The molecule has 0 aliphatic rings. The van der Waals surface area contributed by atoms with Gasteiger partial charge in [-0.1, -0.05) is 48.0 Å². The van der Waals surface area contributed by atoms with E-state index in [2.05, 4.69) is 0 Å². The third-order valence-electron chi connectivity index (χ3n) is 2.89. The van der Waals surface area contributed by atoms with Crippen molar-refractivity contribution in [1.82, 2.24) is 0 Å². The highest BCUT2D eigenvalue weighted by Gasteiger charge is 2.16. The highest BCUT2D eigenvalue weighted by Crippen LogP contribution is 2.23. The standard InChI is InChI=1S/C15H15O3P/c1-11-7-9-12(10-8-11)15(16)13-5-3-4-6-14(13)19(17)18-2/h3-10,19H,1-2H3. The molecule has 0 aromatic heterocycles. The minimum absolute atomic E-state index is 0.133. The fraction of sp³-hybridized carbons (Fsp3) is 0.133. The Labute approximate surface area is 113 Å². The fourth-order valence-corrected chi connectivity index (χ4v) is 2.70. The summed E-state index contributed by atoms with van der Waals surface area (Å²) < 4.78 is 16.7. The zero-order valence-corrected chi connectivity index (χ0v) is 11.8. The Morgan fingerprint density at radius 3 is 2.32 bits per heavy atom. The maximum absolute atomic E-state index is 12.4. The van der Waals surface area contributed by atoms with E-state index < -0.39 is 8.03 Å². The molecule has 0 spiro atoms. The molecule has 2 aromatic carbocycles. The predicted octanol–water partition coefficient (Wildman–Crippen LogP) is 2.97. The van der Waals surface area contributed by atoms with E-state index in [9.17, 15) is 9.36 Å². The van der Waals surface area contributed by atoms with Crippen LogP contribution in [-0.4, -0.2) is 12.9 Å². The van der Waals surface area contributed by atoms with Gasteiger partial charge in [0.1, 0.15) is 0 Å². The summed E-state index contributed by atoms with van der Waals surface area (Å²) in [4.78, 5) is 12.4. The molecule has 0 fully saturated rings. The van der Waals surface area contributed by atoms with E-state index in [0.29, 0.717) is 16.4 Å². The fourth-order valence-electron chi connectivity index (χ4n) is 1.83. The molecule has 0 saturated carbocycles. The van der Waals surface area contributed by atoms with Crippen molar-refractivity contribution in [3.8, 4) is 0 Å². The summed E-state index contributed by atoms with van der Waals surface area (Å²) in [5.41, 5.74) is 2.12. The lowest BCUT2D eigenvalue weighted by atomic mass is 10.0. The summed E-state index contributed by atoms with van der Waals surface area (Å²) in [5.74, 6) is -0.133. The predicted molar refractivity (Wildman–Crippen MR) is 76.7 cm³/mol.